The molecule has 124 valence electrons. The summed E-state index contributed by atoms with van der Waals surface area (Å²) in [6.45, 7) is 3.80. The zero-order valence-electron chi connectivity index (χ0n) is 13.8. The van der Waals surface area contributed by atoms with Crippen molar-refractivity contribution in [3.63, 3.8) is 0 Å². The maximum atomic E-state index is 5.93. The second-order valence-corrected chi connectivity index (χ2v) is 5.22. The van der Waals surface area contributed by atoms with Gasteiger partial charge in [-0.1, -0.05) is 18.2 Å². The van der Waals surface area contributed by atoms with Crippen molar-refractivity contribution < 1.29 is 14.2 Å². The molecule has 0 aliphatic rings. The lowest BCUT2D eigenvalue weighted by atomic mass is 9.95. The Morgan fingerprint density at radius 2 is 1.61 bits per heavy atom. The monoisotopic (exact) mass is 315 g/mol. The van der Waals surface area contributed by atoms with Crippen molar-refractivity contribution in [2.24, 2.45) is 5.73 Å². The number of rotatable bonds is 9. The molecule has 0 heterocycles. The Hall–Kier alpha value is -2.20. The van der Waals surface area contributed by atoms with Gasteiger partial charge in [0.05, 0.1) is 20.3 Å². The molecule has 0 radical (unpaired) electrons. The SMILES string of the molecule is CCOc1ccc(OCCC(CN)c2ccccc2OC)cc1. The van der Waals surface area contributed by atoms with Crippen LogP contribution in [0.15, 0.2) is 48.5 Å². The van der Waals surface area contributed by atoms with Crippen molar-refractivity contribution in [2.75, 3.05) is 26.9 Å². The molecule has 2 rings (SSSR count). The van der Waals surface area contributed by atoms with Gasteiger partial charge in [-0.25, -0.2) is 0 Å². The van der Waals surface area contributed by atoms with E-state index in [1.165, 1.54) is 0 Å². The molecular weight excluding hydrogens is 290 g/mol. The Labute approximate surface area is 138 Å². The maximum absolute atomic E-state index is 5.93. The molecule has 0 aliphatic heterocycles. The molecule has 0 spiro atoms. The average molecular weight is 315 g/mol. The van der Waals surface area contributed by atoms with Gasteiger partial charge < -0.3 is 19.9 Å². The molecule has 2 N–H and O–H groups in total. The molecule has 0 aliphatic carbocycles. The van der Waals surface area contributed by atoms with Crippen LogP contribution in [0.5, 0.6) is 17.2 Å². The first kappa shape index (κ1) is 17.2. The van der Waals surface area contributed by atoms with E-state index >= 15 is 0 Å². The molecule has 23 heavy (non-hydrogen) atoms. The van der Waals surface area contributed by atoms with Crippen LogP contribution in [-0.2, 0) is 0 Å². The number of benzene rings is 2. The molecule has 0 aromatic heterocycles. The molecule has 4 heteroatoms. The van der Waals surface area contributed by atoms with Crippen LogP contribution in [-0.4, -0.2) is 26.9 Å². The van der Waals surface area contributed by atoms with Gasteiger partial charge in [-0.05, 0) is 55.8 Å². The molecule has 1 atom stereocenters. The van der Waals surface area contributed by atoms with Crippen molar-refractivity contribution in [3.05, 3.63) is 54.1 Å². The van der Waals surface area contributed by atoms with Gasteiger partial charge in [0, 0.05) is 5.92 Å². The van der Waals surface area contributed by atoms with Crippen LogP contribution in [0.3, 0.4) is 0 Å². The highest BCUT2D eigenvalue weighted by Gasteiger charge is 2.14. The van der Waals surface area contributed by atoms with Crippen molar-refractivity contribution in [1.82, 2.24) is 0 Å². The molecule has 0 amide bonds. The largest absolute Gasteiger partial charge is 0.496 e. The lowest BCUT2D eigenvalue weighted by Gasteiger charge is -2.18. The number of methoxy groups -OCH3 is 1. The predicted molar refractivity (Wildman–Crippen MR) is 92.5 cm³/mol. The van der Waals surface area contributed by atoms with Crippen molar-refractivity contribution in [2.45, 2.75) is 19.3 Å². The lowest BCUT2D eigenvalue weighted by molar-refractivity contribution is 0.295. The summed E-state index contributed by atoms with van der Waals surface area (Å²) in [4.78, 5) is 0. The van der Waals surface area contributed by atoms with Crippen LogP contribution in [0.1, 0.15) is 24.8 Å². The van der Waals surface area contributed by atoms with E-state index in [9.17, 15) is 0 Å². The van der Waals surface area contributed by atoms with Crippen LogP contribution >= 0.6 is 0 Å². The van der Waals surface area contributed by atoms with Gasteiger partial charge in [0.15, 0.2) is 0 Å². The summed E-state index contributed by atoms with van der Waals surface area (Å²) in [5.74, 6) is 2.79. The van der Waals surface area contributed by atoms with Crippen molar-refractivity contribution in [3.8, 4) is 17.2 Å². The summed E-state index contributed by atoms with van der Waals surface area (Å²) < 4.78 is 16.7. The normalized spacial score (nSPS) is 11.8. The third kappa shape index (κ3) is 4.89. The Bertz CT molecular complexity index is 583. The minimum absolute atomic E-state index is 0.217. The Balaban J connectivity index is 1.90. The second kappa shape index (κ2) is 9.06. The van der Waals surface area contributed by atoms with Gasteiger partial charge in [0.25, 0.3) is 0 Å². The average Bonchev–Trinajstić information content (AvgIpc) is 2.60. The van der Waals surface area contributed by atoms with E-state index in [2.05, 4.69) is 6.07 Å². The standard InChI is InChI=1S/C19H25NO3/c1-3-22-16-8-10-17(11-9-16)23-13-12-15(14-20)18-6-4-5-7-19(18)21-2/h4-11,15H,3,12-14,20H2,1-2H3. The van der Waals surface area contributed by atoms with Gasteiger partial charge in [-0.2, -0.15) is 0 Å². The number of hydrogen-bond donors (Lipinski definition) is 1. The Kier molecular flexibility index (Phi) is 6.76. The molecule has 0 fully saturated rings. The number of para-hydroxylation sites is 1. The first-order valence-electron chi connectivity index (χ1n) is 7.97. The van der Waals surface area contributed by atoms with Crippen LogP contribution in [0.2, 0.25) is 0 Å². The van der Waals surface area contributed by atoms with Crippen LogP contribution in [0.4, 0.5) is 0 Å². The molecular formula is C19H25NO3. The third-order valence-corrected chi connectivity index (χ3v) is 3.73. The fourth-order valence-electron chi connectivity index (χ4n) is 2.52. The summed E-state index contributed by atoms with van der Waals surface area (Å²) >= 11 is 0. The molecule has 4 nitrogen and oxygen atoms in total. The van der Waals surface area contributed by atoms with Gasteiger partial charge >= 0.3 is 0 Å². The Morgan fingerprint density at radius 1 is 0.957 bits per heavy atom. The lowest BCUT2D eigenvalue weighted by Crippen LogP contribution is -2.16. The fourth-order valence-corrected chi connectivity index (χ4v) is 2.52. The zero-order valence-corrected chi connectivity index (χ0v) is 13.8. The summed E-state index contributed by atoms with van der Waals surface area (Å²) in [5, 5.41) is 0. The maximum Gasteiger partial charge on any atom is 0.122 e. The van der Waals surface area contributed by atoms with E-state index in [0.717, 1.165) is 29.2 Å². The van der Waals surface area contributed by atoms with Gasteiger partial charge in [-0.3, -0.25) is 0 Å². The van der Waals surface area contributed by atoms with Crippen LogP contribution in [0.25, 0.3) is 0 Å². The molecule has 0 saturated heterocycles. The molecule has 2 aromatic rings. The van der Waals surface area contributed by atoms with E-state index < -0.39 is 0 Å². The van der Waals surface area contributed by atoms with E-state index in [4.69, 9.17) is 19.9 Å². The Morgan fingerprint density at radius 3 is 2.22 bits per heavy atom. The first-order valence-corrected chi connectivity index (χ1v) is 7.97. The molecule has 1 unspecified atom stereocenters. The summed E-state index contributed by atoms with van der Waals surface area (Å²) in [5.41, 5.74) is 7.07. The highest BCUT2D eigenvalue weighted by molar-refractivity contribution is 5.36. The van der Waals surface area contributed by atoms with E-state index in [1.54, 1.807) is 7.11 Å². The number of hydrogen-bond acceptors (Lipinski definition) is 4. The van der Waals surface area contributed by atoms with Crippen molar-refractivity contribution >= 4 is 0 Å². The van der Waals surface area contributed by atoms with Gasteiger partial charge in [0.1, 0.15) is 17.2 Å². The van der Waals surface area contributed by atoms with Gasteiger partial charge in [0.2, 0.25) is 0 Å². The van der Waals surface area contributed by atoms with E-state index in [-0.39, 0.29) is 5.92 Å². The number of nitrogens with two attached hydrogens (primary N) is 1. The highest BCUT2D eigenvalue weighted by Crippen LogP contribution is 2.28. The third-order valence-electron chi connectivity index (χ3n) is 3.73. The molecule has 2 aromatic carbocycles. The zero-order chi connectivity index (χ0) is 16.5. The highest BCUT2D eigenvalue weighted by atomic mass is 16.5. The first-order chi connectivity index (χ1) is 11.3. The second-order valence-electron chi connectivity index (χ2n) is 5.22. The summed E-state index contributed by atoms with van der Waals surface area (Å²) in [6.07, 6.45) is 0.837. The van der Waals surface area contributed by atoms with E-state index in [0.29, 0.717) is 19.8 Å². The number of ether oxygens (including phenoxy) is 3. The summed E-state index contributed by atoms with van der Waals surface area (Å²) in [7, 11) is 1.68. The molecule has 0 saturated carbocycles. The van der Waals surface area contributed by atoms with Crippen LogP contribution < -0.4 is 19.9 Å². The predicted octanol–water partition coefficient (Wildman–Crippen LogP) is 3.61. The quantitative estimate of drug-likeness (QED) is 0.768. The summed E-state index contributed by atoms with van der Waals surface area (Å²) in [6, 6.07) is 15.7. The topological polar surface area (TPSA) is 53.7 Å². The van der Waals surface area contributed by atoms with Crippen molar-refractivity contribution in [1.29, 1.82) is 0 Å². The minimum atomic E-state index is 0.217. The van der Waals surface area contributed by atoms with Gasteiger partial charge in [-0.15, -0.1) is 0 Å². The van der Waals surface area contributed by atoms with E-state index in [1.807, 2.05) is 49.4 Å². The fraction of sp³-hybridized carbons (Fsp3) is 0.368. The minimum Gasteiger partial charge on any atom is -0.496 e. The van der Waals surface area contributed by atoms with Crippen LogP contribution in [0, 0.1) is 0 Å². The molecule has 0 bridgehead atoms. The smallest absolute Gasteiger partial charge is 0.122 e.